The van der Waals surface area contributed by atoms with Gasteiger partial charge in [0.2, 0.25) is 5.88 Å². The fourth-order valence-electron chi connectivity index (χ4n) is 2.67. The summed E-state index contributed by atoms with van der Waals surface area (Å²) in [6.45, 7) is 1.99. The third-order valence-electron chi connectivity index (χ3n) is 4.03. The molecular formula is C17H16BrN3O2S. The highest BCUT2D eigenvalue weighted by Crippen LogP contribution is 2.25. The van der Waals surface area contributed by atoms with Gasteiger partial charge in [0.1, 0.15) is 11.6 Å². The normalized spacial score (nSPS) is 15.1. The number of nitrogens with zero attached hydrogens (tertiary/aromatic N) is 3. The van der Waals surface area contributed by atoms with Crippen LogP contribution in [0.3, 0.4) is 0 Å². The largest absolute Gasteiger partial charge is 0.476 e. The number of likely N-dealkylation sites (tertiary alicyclic amines) is 1. The van der Waals surface area contributed by atoms with Gasteiger partial charge in [-0.1, -0.05) is 0 Å². The summed E-state index contributed by atoms with van der Waals surface area (Å²) in [6, 6.07) is 7.37. The minimum Gasteiger partial charge on any atom is -0.476 e. The lowest BCUT2D eigenvalue weighted by Gasteiger charge is -2.31. The number of ether oxygens (including phenoxy) is 1. The molecule has 24 heavy (non-hydrogen) atoms. The minimum absolute atomic E-state index is 0.0987. The van der Waals surface area contributed by atoms with Gasteiger partial charge < -0.3 is 9.64 Å². The van der Waals surface area contributed by atoms with Crippen molar-refractivity contribution in [2.75, 3.05) is 19.7 Å². The van der Waals surface area contributed by atoms with Crippen molar-refractivity contribution in [3.63, 3.8) is 0 Å². The molecule has 3 rings (SSSR count). The number of aromatic nitrogens is 1. The van der Waals surface area contributed by atoms with Crippen LogP contribution in [0.5, 0.6) is 5.88 Å². The second-order valence-electron chi connectivity index (χ2n) is 5.64. The van der Waals surface area contributed by atoms with Crippen LogP contribution >= 0.6 is 27.3 Å². The van der Waals surface area contributed by atoms with Crippen molar-refractivity contribution in [2.45, 2.75) is 12.8 Å². The van der Waals surface area contributed by atoms with Crippen LogP contribution in [0.1, 0.15) is 28.1 Å². The van der Waals surface area contributed by atoms with Crippen LogP contribution in [-0.2, 0) is 0 Å². The number of rotatable bonds is 4. The first-order valence-electron chi connectivity index (χ1n) is 7.68. The average Bonchev–Trinajstić information content (AvgIpc) is 3.06. The molecule has 0 aliphatic carbocycles. The Hall–Kier alpha value is -1.91. The third-order valence-corrected chi connectivity index (χ3v) is 5.71. The zero-order valence-corrected chi connectivity index (χ0v) is 15.3. The Bertz CT molecular complexity index is 763. The van der Waals surface area contributed by atoms with Crippen LogP contribution in [0.15, 0.2) is 34.2 Å². The van der Waals surface area contributed by atoms with Crippen LogP contribution in [0.4, 0.5) is 0 Å². The first-order chi connectivity index (χ1) is 11.7. The Morgan fingerprint density at radius 2 is 2.29 bits per heavy atom. The van der Waals surface area contributed by atoms with E-state index in [4.69, 9.17) is 10.00 Å². The summed E-state index contributed by atoms with van der Waals surface area (Å²) in [5.74, 6) is 0.862. The van der Waals surface area contributed by atoms with Gasteiger partial charge in [-0.2, -0.15) is 5.26 Å². The van der Waals surface area contributed by atoms with E-state index in [0.29, 0.717) is 24.0 Å². The highest BCUT2D eigenvalue weighted by molar-refractivity contribution is 9.10. The van der Waals surface area contributed by atoms with Crippen LogP contribution < -0.4 is 4.74 Å². The zero-order valence-electron chi connectivity index (χ0n) is 12.9. The number of hydrogen-bond donors (Lipinski definition) is 0. The van der Waals surface area contributed by atoms with Gasteiger partial charge in [0.05, 0.1) is 11.5 Å². The van der Waals surface area contributed by atoms with Crippen LogP contribution in [0.25, 0.3) is 0 Å². The Balaban J connectivity index is 1.50. The van der Waals surface area contributed by atoms with E-state index in [1.165, 1.54) is 11.3 Å². The Morgan fingerprint density at radius 1 is 1.50 bits per heavy atom. The topological polar surface area (TPSA) is 66.2 Å². The smallest absolute Gasteiger partial charge is 0.263 e. The van der Waals surface area contributed by atoms with Crippen molar-refractivity contribution in [2.24, 2.45) is 5.92 Å². The van der Waals surface area contributed by atoms with Gasteiger partial charge in [-0.3, -0.25) is 4.79 Å². The molecule has 1 aliphatic heterocycles. The lowest BCUT2D eigenvalue weighted by Crippen LogP contribution is -2.39. The molecule has 1 saturated heterocycles. The van der Waals surface area contributed by atoms with Crippen LogP contribution in [0.2, 0.25) is 0 Å². The van der Waals surface area contributed by atoms with Crippen molar-refractivity contribution >= 4 is 33.2 Å². The highest BCUT2D eigenvalue weighted by Gasteiger charge is 2.25. The predicted molar refractivity (Wildman–Crippen MR) is 95.1 cm³/mol. The number of halogens is 1. The van der Waals surface area contributed by atoms with E-state index in [-0.39, 0.29) is 5.91 Å². The molecule has 1 fully saturated rings. The van der Waals surface area contributed by atoms with Crippen LogP contribution in [0, 0.1) is 17.2 Å². The van der Waals surface area contributed by atoms with Gasteiger partial charge in [0.25, 0.3) is 5.91 Å². The maximum Gasteiger partial charge on any atom is 0.263 e. The number of nitriles is 1. The molecule has 5 nitrogen and oxygen atoms in total. The van der Waals surface area contributed by atoms with Crippen LogP contribution in [-0.4, -0.2) is 35.5 Å². The monoisotopic (exact) mass is 405 g/mol. The second-order valence-corrected chi connectivity index (χ2v) is 7.47. The standard InChI is InChI=1S/C17H16BrN3O2S/c18-14-8-15(24-11-14)17(22)21-6-3-12(4-7-21)10-23-16-13(9-19)2-1-5-20-16/h1-2,5,8,11-12H,3-4,6-7,10H2. The number of thiophene rings is 1. The number of carbonyl (C=O) groups excluding carboxylic acids is 1. The molecule has 0 aromatic carbocycles. The first kappa shape index (κ1) is 16.9. The van der Waals surface area contributed by atoms with E-state index in [0.717, 1.165) is 35.3 Å². The summed E-state index contributed by atoms with van der Waals surface area (Å²) < 4.78 is 6.66. The molecule has 2 aromatic heterocycles. The maximum absolute atomic E-state index is 12.4. The summed E-state index contributed by atoms with van der Waals surface area (Å²) in [5.41, 5.74) is 0.452. The van der Waals surface area contributed by atoms with E-state index in [2.05, 4.69) is 27.0 Å². The predicted octanol–water partition coefficient (Wildman–Crippen LogP) is 3.71. The van der Waals surface area contributed by atoms with Gasteiger partial charge in [-0.05, 0) is 52.9 Å². The summed E-state index contributed by atoms with van der Waals surface area (Å²) in [7, 11) is 0. The quantitative estimate of drug-likeness (QED) is 0.777. The minimum atomic E-state index is 0.0987. The number of hydrogen-bond acceptors (Lipinski definition) is 5. The van der Waals surface area contributed by atoms with Crippen molar-refractivity contribution < 1.29 is 9.53 Å². The molecule has 1 amide bonds. The molecule has 0 radical (unpaired) electrons. The lowest BCUT2D eigenvalue weighted by molar-refractivity contribution is 0.0664. The number of pyridine rings is 1. The molecule has 1 aliphatic rings. The van der Waals surface area contributed by atoms with E-state index in [9.17, 15) is 4.79 Å². The maximum atomic E-state index is 12.4. The molecule has 3 heterocycles. The van der Waals surface area contributed by atoms with Gasteiger partial charge in [-0.15, -0.1) is 11.3 Å². The van der Waals surface area contributed by atoms with E-state index >= 15 is 0 Å². The first-order valence-corrected chi connectivity index (χ1v) is 9.36. The molecule has 0 unspecified atom stereocenters. The van der Waals surface area contributed by atoms with Crippen molar-refractivity contribution in [1.82, 2.24) is 9.88 Å². The van der Waals surface area contributed by atoms with Gasteiger partial charge in [-0.25, -0.2) is 4.98 Å². The van der Waals surface area contributed by atoms with E-state index in [1.54, 1.807) is 18.3 Å². The zero-order chi connectivity index (χ0) is 16.9. The second kappa shape index (κ2) is 7.77. The average molecular weight is 406 g/mol. The molecule has 0 saturated carbocycles. The van der Waals surface area contributed by atoms with E-state index in [1.807, 2.05) is 16.3 Å². The summed E-state index contributed by atoms with van der Waals surface area (Å²) in [6.07, 6.45) is 3.41. The molecule has 124 valence electrons. The highest BCUT2D eigenvalue weighted by atomic mass is 79.9. The number of piperidine rings is 1. The number of amides is 1. The summed E-state index contributed by atoms with van der Waals surface area (Å²) in [5, 5.41) is 11.0. The molecular weight excluding hydrogens is 390 g/mol. The number of carbonyl (C=O) groups is 1. The fraction of sp³-hybridized carbons (Fsp3) is 0.353. The SMILES string of the molecule is N#Cc1cccnc1OCC1CCN(C(=O)c2cc(Br)cs2)CC1. The molecule has 0 N–H and O–H groups in total. The van der Waals surface area contributed by atoms with Gasteiger partial charge >= 0.3 is 0 Å². The Kier molecular flexibility index (Phi) is 5.48. The molecule has 0 atom stereocenters. The van der Waals surface area contributed by atoms with Crippen molar-refractivity contribution in [3.05, 3.63) is 44.7 Å². The molecule has 0 bridgehead atoms. The summed E-state index contributed by atoms with van der Waals surface area (Å²) in [4.78, 5) is 19.2. The lowest BCUT2D eigenvalue weighted by atomic mass is 9.97. The molecule has 2 aromatic rings. The van der Waals surface area contributed by atoms with E-state index < -0.39 is 0 Å². The van der Waals surface area contributed by atoms with Gasteiger partial charge in [0, 0.05) is 29.1 Å². The van der Waals surface area contributed by atoms with Gasteiger partial charge in [0.15, 0.2) is 0 Å². The summed E-state index contributed by atoms with van der Waals surface area (Å²) >= 11 is 4.84. The molecule has 0 spiro atoms. The fourth-order valence-corrected chi connectivity index (χ4v) is 4.06. The third kappa shape index (κ3) is 3.94. The molecule has 7 heteroatoms. The Labute approximate surface area is 153 Å². The Morgan fingerprint density at radius 3 is 2.96 bits per heavy atom. The van der Waals surface area contributed by atoms with Crippen molar-refractivity contribution in [3.8, 4) is 11.9 Å². The van der Waals surface area contributed by atoms with Crippen molar-refractivity contribution in [1.29, 1.82) is 5.26 Å².